The van der Waals surface area contributed by atoms with E-state index in [0.717, 1.165) is 0 Å². The van der Waals surface area contributed by atoms with Crippen LogP contribution in [0.1, 0.15) is 54.2 Å². The molecule has 3 aromatic rings. The molecule has 1 aliphatic rings. The lowest BCUT2D eigenvalue weighted by molar-refractivity contribution is 0.0516. The summed E-state index contributed by atoms with van der Waals surface area (Å²) >= 11 is 0. The van der Waals surface area contributed by atoms with Crippen molar-refractivity contribution in [1.82, 2.24) is 9.78 Å². The first kappa shape index (κ1) is 25.7. The summed E-state index contributed by atoms with van der Waals surface area (Å²) in [6.07, 6.45) is -0.141. The van der Waals surface area contributed by atoms with Crippen LogP contribution in [0.2, 0.25) is 0 Å². The molecule has 2 amide bonds. The number of rotatable bonds is 6. The minimum atomic E-state index is -0.614. The molecule has 0 bridgehead atoms. The van der Waals surface area contributed by atoms with Crippen molar-refractivity contribution in [1.29, 1.82) is 0 Å². The maximum Gasteiger partial charge on any atom is 0.412 e. The van der Waals surface area contributed by atoms with Crippen LogP contribution in [-0.4, -0.2) is 53.6 Å². The first-order chi connectivity index (χ1) is 17.6. The molecule has 2 heterocycles. The van der Waals surface area contributed by atoms with E-state index in [2.05, 4.69) is 10.4 Å². The number of methoxy groups -OCH3 is 1. The lowest BCUT2D eigenvalue weighted by Gasteiger charge is -2.28. The number of nitrogens with zero attached hydrogens (tertiary/aromatic N) is 3. The van der Waals surface area contributed by atoms with Crippen molar-refractivity contribution in [3.05, 3.63) is 65.5 Å². The Balaban J connectivity index is 1.65. The highest BCUT2D eigenvalue weighted by Gasteiger charge is 2.35. The normalized spacial score (nSPS) is 13.1. The summed E-state index contributed by atoms with van der Waals surface area (Å²) in [5.41, 5.74) is 2.17. The average Bonchev–Trinajstić information content (AvgIpc) is 3.25. The van der Waals surface area contributed by atoms with Gasteiger partial charge in [-0.3, -0.25) is 10.1 Å². The molecule has 0 aliphatic carbocycles. The number of hydrogen-bond acceptors (Lipinski definition) is 7. The molecule has 10 heteroatoms. The van der Waals surface area contributed by atoms with Gasteiger partial charge in [0.1, 0.15) is 17.0 Å². The highest BCUT2D eigenvalue weighted by Crippen LogP contribution is 2.30. The minimum absolute atomic E-state index is 0.137. The predicted octanol–water partition coefficient (Wildman–Crippen LogP) is 4.61. The maximum absolute atomic E-state index is 13.7. The van der Waals surface area contributed by atoms with E-state index in [1.54, 1.807) is 88.2 Å². The summed E-state index contributed by atoms with van der Waals surface area (Å²) in [6.45, 7) is 7.64. The van der Waals surface area contributed by atoms with Crippen molar-refractivity contribution in [2.45, 2.75) is 39.7 Å². The Morgan fingerprint density at radius 3 is 2.27 bits per heavy atom. The summed E-state index contributed by atoms with van der Waals surface area (Å²) in [5, 5.41) is 7.17. The summed E-state index contributed by atoms with van der Waals surface area (Å²) in [4.78, 5) is 40.1. The van der Waals surface area contributed by atoms with Crippen LogP contribution in [0.3, 0.4) is 0 Å². The molecule has 0 fully saturated rings. The maximum atomic E-state index is 13.7. The van der Waals surface area contributed by atoms with Crippen LogP contribution in [0.15, 0.2) is 48.5 Å². The number of benzene rings is 2. The summed E-state index contributed by atoms with van der Waals surface area (Å²) < 4.78 is 17.2. The number of amides is 2. The van der Waals surface area contributed by atoms with E-state index < -0.39 is 17.7 Å². The Morgan fingerprint density at radius 2 is 1.68 bits per heavy atom. The second kappa shape index (κ2) is 10.3. The molecular weight excluding hydrogens is 476 g/mol. The second-order valence-electron chi connectivity index (χ2n) is 9.39. The van der Waals surface area contributed by atoms with E-state index in [4.69, 9.17) is 14.2 Å². The zero-order valence-electron chi connectivity index (χ0n) is 21.5. The molecule has 1 aliphatic heterocycles. The molecule has 0 radical (unpaired) electrons. The van der Waals surface area contributed by atoms with Gasteiger partial charge >= 0.3 is 12.1 Å². The number of fused-ring (bicyclic) bond motifs is 1. The molecule has 0 saturated heterocycles. The quantitative estimate of drug-likeness (QED) is 0.486. The minimum Gasteiger partial charge on any atom is -0.497 e. The van der Waals surface area contributed by atoms with Crippen molar-refractivity contribution in [3.63, 3.8) is 0 Å². The van der Waals surface area contributed by atoms with Gasteiger partial charge in [-0.2, -0.15) is 5.10 Å². The summed E-state index contributed by atoms with van der Waals surface area (Å²) in [7, 11) is 1.57. The van der Waals surface area contributed by atoms with Gasteiger partial charge in [0.15, 0.2) is 5.69 Å². The van der Waals surface area contributed by atoms with Gasteiger partial charge in [0.2, 0.25) is 0 Å². The smallest absolute Gasteiger partial charge is 0.412 e. The second-order valence-corrected chi connectivity index (χ2v) is 9.39. The number of nitrogens with one attached hydrogen (secondary N) is 1. The number of ether oxygens (including phenoxy) is 3. The van der Waals surface area contributed by atoms with Gasteiger partial charge in [-0.1, -0.05) is 0 Å². The van der Waals surface area contributed by atoms with Gasteiger partial charge in [0.25, 0.3) is 5.91 Å². The Bertz CT molecular complexity index is 1310. The topological polar surface area (TPSA) is 112 Å². The van der Waals surface area contributed by atoms with Crippen LogP contribution in [0.25, 0.3) is 5.69 Å². The molecule has 194 valence electrons. The third-order valence-electron chi connectivity index (χ3n) is 5.63. The van der Waals surface area contributed by atoms with Crippen LogP contribution in [0, 0.1) is 0 Å². The van der Waals surface area contributed by atoms with Crippen LogP contribution < -0.4 is 15.0 Å². The molecule has 10 nitrogen and oxygen atoms in total. The Labute approximate surface area is 215 Å². The van der Waals surface area contributed by atoms with E-state index >= 15 is 0 Å². The fourth-order valence-electron chi connectivity index (χ4n) is 4.03. The molecule has 0 unspecified atom stereocenters. The standard InChI is InChI=1S/C27H30N4O6/c1-6-36-25(33)22-21-15-16-30(18-9-7-17(8-10-18)28-26(34)37-27(2,3)4)24(32)23(21)31(29-22)19-11-13-20(35-5)14-12-19/h7-14H,6,15-16H2,1-5H3,(H,28,34). The number of carbonyl (C=O) groups is 3. The fraction of sp³-hybridized carbons (Fsp3) is 0.333. The van der Waals surface area contributed by atoms with E-state index in [9.17, 15) is 14.4 Å². The van der Waals surface area contributed by atoms with Crippen LogP contribution in [-0.2, 0) is 15.9 Å². The number of anilines is 2. The molecule has 1 aromatic heterocycles. The molecule has 4 rings (SSSR count). The molecule has 0 saturated carbocycles. The Hall–Kier alpha value is -4.34. The van der Waals surface area contributed by atoms with Crippen LogP contribution >= 0.6 is 0 Å². The van der Waals surface area contributed by atoms with E-state index in [1.165, 1.54) is 4.68 Å². The summed E-state index contributed by atoms with van der Waals surface area (Å²) in [6, 6.07) is 13.9. The lowest BCUT2D eigenvalue weighted by Crippen LogP contribution is -2.39. The summed E-state index contributed by atoms with van der Waals surface area (Å²) in [5.74, 6) is -0.207. The molecule has 37 heavy (non-hydrogen) atoms. The molecule has 0 spiro atoms. The Kier molecular flexibility index (Phi) is 7.19. The van der Waals surface area contributed by atoms with E-state index in [1.807, 2.05) is 0 Å². The Morgan fingerprint density at radius 1 is 1.03 bits per heavy atom. The van der Waals surface area contributed by atoms with Gasteiger partial charge in [-0.05, 0) is 82.6 Å². The predicted molar refractivity (Wildman–Crippen MR) is 138 cm³/mol. The van der Waals surface area contributed by atoms with Crippen molar-refractivity contribution < 1.29 is 28.6 Å². The van der Waals surface area contributed by atoms with E-state index in [0.29, 0.717) is 47.0 Å². The first-order valence-electron chi connectivity index (χ1n) is 12.0. The van der Waals surface area contributed by atoms with Gasteiger partial charge in [0, 0.05) is 23.5 Å². The number of carbonyl (C=O) groups excluding carboxylic acids is 3. The monoisotopic (exact) mass is 506 g/mol. The lowest BCUT2D eigenvalue weighted by atomic mass is 10.0. The van der Waals surface area contributed by atoms with Crippen molar-refractivity contribution >= 4 is 29.3 Å². The molecule has 1 N–H and O–H groups in total. The highest BCUT2D eigenvalue weighted by atomic mass is 16.6. The number of aromatic nitrogens is 2. The van der Waals surface area contributed by atoms with Crippen LogP contribution in [0.4, 0.5) is 16.2 Å². The van der Waals surface area contributed by atoms with Gasteiger partial charge in [0.05, 0.1) is 19.4 Å². The highest BCUT2D eigenvalue weighted by molar-refractivity contribution is 6.09. The average molecular weight is 507 g/mol. The van der Waals surface area contributed by atoms with Crippen LogP contribution in [0.5, 0.6) is 5.75 Å². The molecule has 2 aromatic carbocycles. The molecule has 0 atom stereocenters. The van der Waals surface area contributed by atoms with Crippen molar-refractivity contribution in [2.75, 3.05) is 30.5 Å². The molecular formula is C27H30N4O6. The zero-order valence-corrected chi connectivity index (χ0v) is 21.5. The van der Waals surface area contributed by atoms with E-state index in [-0.39, 0.29) is 18.2 Å². The third kappa shape index (κ3) is 5.58. The number of esters is 1. The number of hydrogen-bond donors (Lipinski definition) is 1. The largest absolute Gasteiger partial charge is 0.497 e. The first-order valence-corrected chi connectivity index (χ1v) is 12.0. The third-order valence-corrected chi connectivity index (χ3v) is 5.63. The van der Waals surface area contributed by atoms with Crippen molar-refractivity contribution in [3.8, 4) is 11.4 Å². The zero-order chi connectivity index (χ0) is 26.7. The SMILES string of the molecule is CCOC(=O)c1nn(-c2ccc(OC)cc2)c2c1CCN(c1ccc(NC(=O)OC(C)(C)C)cc1)C2=O. The van der Waals surface area contributed by atoms with Gasteiger partial charge < -0.3 is 19.1 Å². The van der Waals surface area contributed by atoms with Gasteiger partial charge in [-0.25, -0.2) is 14.3 Å². The van der Waals surface area contributed by atoms with Crippen molar-refractivity contribution in [2.24, 2.45) is 0 Å². The fourth-order valence-corrected chi connectivity index (χ4v) is 4.03. The van der Waals surface area contributed by atoms with Gasteiger partial charge in [-0.15, -0.1) is 0 Å².